The van der Waals surface area contributed by atoms with Gasteiger partial charge in [-0.3, -0.25) is 4.79 Å². The number of rotatable bonds is 7. The summed E-state index contributed by atoms with van der Waals surface area (Å²) in [5, 5.41) is 15.6. The first-order chi connectivity index (χ1) is 11.1. The second kappa shape index (κ2) is 7.41. The van der Waals surface area contributed by atoms with Crippen molar-refractivity contribution >= 4 is 11.9 Å². The third-order valence-electron chi connectivity index (χ3n) is 3.14. The number of aromatic nitrogens is 2. The molecule has 2 aromatic rings. The van der Waals surface area contributed by atoms with Crippen LogP contribution in [0.1, 0.15) is 10.5 Å². The summed E-state index contributed by atoms with van der Waals surface area (Å²) in [6.45, 7) is -0.175. The lowest BCUT2D eigenvalue weighted by molar-refractivity contribution is -0.148. The summed E-state index contributed by atoms with van der Waals surface area (Å²) in [5.74, 6) is -1.41. The number of nitrogens with one attached hydrogen (secondary N) is 1. The zero-order valence-corrected chi connectivity index (χ0v) is 12.7. The molecule has 0 aliphatic rings. The number of nitrogens with zero attached hydrogens (tertiary/aromatic N) is 2. The number of aliphatic carboxylic acids is 1. The van der Waals surface area contributed by atoms with Crippen molar-refractivity contribution in [2.75, 3.05) is 20.8 Å². The van der Waals surface area contributed by atoms with Crippen molar-refractivity contribution in [1.29, 1.82) is 0 Å². The summed E-state index contributed by atoms with van der Waals surface area (Å²) in [6.07, 6.45) is 0.455. The van der Waals surface area contributed by atoms with Gasteiger partial charge in [0.25, 0.3) is 5.91 Å². The van der Waals surface area contributed by atoms with Gasteiger partial charge in [0, 0.05) is 7.11 Å². The third-order valence-corrected chi connectivity index (χ3v) is 3.14. The number of ether oxygens (including phenoxy) is 2. The molecule has 1 heterocycles. The van der Waals surface area contributed by atoms with Crippen LogP contribution in [0.25, 0.3) is 5.69 Å². The largest absolute Gasteiger partial charge is 0.493 e. The number of carboxylic acids is 1. The fourth-order valence-corrected chi connectivity index (χ4v) is 1.92. The van der Waals surface area contributed by atoms with E-state index in [2.05, 4.69) is 10.4 Å². The quantitative estimate of drug-likeness (QED) is 0.779. The topological polar surface area (TPSA) is 103 Å². The summed E-state index contributed by atoms with van der Waals surface area (Å²) in [6, 6.07) is 9.23. The van der Waals surface area contributed by atoms with Gasteiger partial charge in [-0.1, -0.05) is 18.2 Å². The Balaban J connectivity index is 2.17. The molecule has 0 bridgehead atoms. The molecular weight excluding hydrogens is 302 g/mol. The molecule has 1 amide bonds. The van der Waals surface area contributed by atoms with E-state index in [4.69, 9.17) is 14.6 Å². The Kier molecular flexibility index (Phi) is 5.32. The number of hydrogen-bond donors (Lipinski definition) is 2. The molecule has 1 aromatic carbocycles. The average molecular weight is 319 g/mol. The highest BCUT2D eigenvalue weighted by atomic mass is 16.5. The van der Waals surface area contributed by atoms with Crippen molar-refractivity contribution in [1.82, 2.24) is 15.1 Å². The second-order valence-electron chi connectivity index (χ2n) is 4.60. The minimum atomic E-state index is -1.16. The van der Waals surface area contributed by atoms with Crippen LogP contribution in [0, 0.1) is 0 Å². The maximum Gasteiger partial charge on any atom is 0.334 e. The SMILES string of the molecule is COc1cn(-c2ccccc2)nc1C(=O)NCC(OC)C(=O)O. The Hall–Kier alpha value is -2.87. The molecule has 8 heteroatoms. The number of benzene rings is 1. The molecule has 0 saturated heterocycles. The molecule has 0 aliphatic heterocycles. The van der Waals surface area contributed by atoms with Crippen molar-refractivity contribution in [2.24, 2.45) is 0 Å². The molecule has 122 valence electrons. The van der Waals surface area contributed by atoms with Crippen LogP contribution >= 0.6 is 0 Å². The molecular formula is C15H17N3O5. The number of carboxylic acid groups (broad SMARTS) is 1. The van der Waals surface area contributed by atoms with Crippen LogP contribution in [-0.4, -0.2) is 53.6 Å². The van der Waals surface area contributed by atoms with Gasteiger partial charge in [-0.05, 0) is 12.1 Å². The summed E-state index contributed by atoms with van der Waals surface area (Å²) in [5.41, 5.74) is 0.835. The maximum absolute atomic E-state index is 12.2. The van der Waals surface area contributed by atoms with Crippen molar-refractivity contribution in [2.45, 2.75) is 6.10 Å². The summed E-state index contributed by atoms with van der Waals surface area (Å²) in [4.78, 5) is 23.1. The molecule has 8 nitrogen and oxygen atoms in total. The van der Waals surface area contributed by atoms with E-state index in [1.54, 1.807) is 6.20 Å². The number of methoxy groups -OCH3 is 2. The molecule has 23 heavy (non-hydrogen) atoms. The summed E-state index contributed by atoms with van der Waals surface area (Å²) < 4.78 is 11.4. The Morgan fingerprint density at radius 2 is 2.00 bits per heavy atom. The van der Waals surface area contributed by atoms with Crippen LogP contribution in [0.5, 0.6) is 5.75 Å². The highest BCUT2D eigenvalue weighted by Crippen LogP contribution is 2.19. The molecule has 2 N–H and O–H groups in total. The second-order valence-corrected chi connectivity index (χ2v) is 4.60. The number of hydrogen-bond acceptors (Lipinski definition) is 5. The first-order valence-corrected chi connectivity index (χ1v) is 6.79. The van der Waals surface area contributed by atoms with E-state index in [-0.39, 0.29) is 18.0 Å². The van der Waals surface area contributed by atoms with E-state index < -0.39 is 18.0 Å². The summed E-state index contributed by atoms with van der Waals surface area (Å²) in [7, 11) is 2.69. The van der Waals surface area contributed by atoms with Crippen LogP contribution in [0.4, 0.5) is 0 Å². The first kappa shape index (κ1) is 16.5. The number of para-hydroxylation sites is 1. The van der Waals surface area contributed by atoms with E-state index in [0.717, 1.165) is 5.69 Å². The van der Waals surface area contributed by atoms with Gasteiger partial charge in [0.2, 0.25) is 0 Å². The van der Waals surface area contributed by atoms with Crippen LogP contribution in [0.15, 0.2) is 36.5 Å². The first-order valence-electron chi connectivity index (χ1n) is 6.79. The average Bonchev–Trinajstić information content (AvgIpc) is 3.00. The van der Waals surface area contributed by atoms with Gasteiger partial charge >= 0.3 is 5.97 Å². The Bertz CT molecular complexity index is 684. The molecule has 2 rings (SSSR count). The summed E-state index contributed by atoms with van der Waals surface area (Å²) >= 11 is 0. The molecule has 0 saturated carbocycles. The van der Waals surface area contributed by atoms with Crippen LogP contribution in [0.2, 0.25) is 0 Å². The Morgan fingerprint density at radius 3 is 2.57 bits per heavy atom. The van der Waals surface area contributed by atoms with Crippen molar-refractivity contribution in [3.05, 3.63) is 42.2 Å². The van der Waals surface area contributed by atoms with Gasteiger partial charge < -0.3 is 19.9 Å². The molecule has 0 radical (unpaired) electrons. The van der Waals surface area contributed by atoms with Crippen LogP contribution < -0.4 is 10.1 Å². The van der Waals surface area contributed by atoms with Crippen molar-refractivity contribution in [3.8, 4) is 11.4 Å². The Labute approximate surface area is 132 Å². The number of carbonyl (C=O) groups excluding carboxylic acids is 1. The van der Waals surface area contributed by atoms with E-state index in [9.17, 15) is 9.59 Å². The fourth-order valence-electron chi connectivity index (χ4n) is 1.92. The fraction of sp³-hybridized carbons (Fsp3) is 0.267. The normalized spacial score (nSPS) is 11.7. The lowest BCUT2D eigenvalue weighted by Crippen LogP contribution is -2.38. The standard InChI is InChI=1S/C15H17N3O5/c1-22-11(15(20)21)8-16-14(19)13-12(23-2)9-18(17-13)10-6-4-3-5-7-10/h3-7,9,11H,8H2,1-2H3,(H,16,19)(H,20,21). The van der Waals surface area contributed by atoms with Crippen LogP contribution in [0.3, 0.4) is 0 Å². The van der Waals surface area contributed by atoms with Gasteiger partial charge in [0.15, 0.2) is 17.5 Å². The van der Waals surface area contributed by atoms with Gasteiger partial charge in [0.05, 0.1) is 25.5 Å². The van der Waals surface area contributed by atoms with E-state index >= 15 is 0 Å². The maximum atomic E-state index is 12.2. The molecule has 1 aromatic heterocycles. The molecule has 1 unspecified atom stereocenters. The van der Waals surface area contributed by atoms with Crippen molar-refractivity contribution in [3.63, 3.8) is 0 Å². The van der Waals surface area contributed by atoms with Gasteiger partial charge in [0.1, 0.15) is 0 Å². The molecule has 0 aliphatic carbocycles. The van der Waals surface area contributed by atoms with E-state index in [0.29, 0.717) is 0 Å². The predicted octanol–water partition coefficient (Wildman–Crippen LogP) is 0.710. The monoisotopic (exact) mass is 319 g/mol. The van der Waals surface area contributed by atoms with Crippen molar-refractivity contribution < 1.29 is 24.2 Å². The zero-order valence-electron chi connectivity index (χ0n) is 12.7. The minimum Gasteiger partial charge on any atom is -0.493 e. The zero-order chi connectivity index (χ0) is 16.8. The van der Waals surface area contributed by atoms with Crippen LogP contribution in [-0.2, 0) is 9.53 Å². The van der Waals surface area contributed by atoms with Gasteiger partial charge in [-0.15, -0.1) is 0 Å². The van der Waals surface area contributed by atoms with E-state index in [1.165, 1.54) is 18.9 Å². The predicted molar refractivity (Wildman–Crippen MR) is 80.9 cm³/mol. The lowest BCUT2D eigenvalue weighted by Gasteiger charge is -2.10. The molecule has 1 atom stereocenters. The smallest absolute Gasteiger partial charge is 0.334 e. The highest BCUT2D eigenvalue weighted by Gasteiger charge is 2.22. The van der Waals surface area contributed by atoms with Gasteiger partial charge in [-0.2, -0.15) is 5.10 Å². The third kappa shape index (κ3) is 3.86. The highest BCUT2D eigenvalue weighted by molar-refractivity contribution is 5.95. The van der Waals surface area contributed by atoms with Gasteiger partial charge in [-0.25, -0.2) is 9.48 Å². The van der Waals surface area contributed by atoms with E-state index in [1.807, 2.05) is 30.3 Å². The molecule has 0 spiro atoms. The number of carbonyl (C=O) groups is 2. The molecule has 0 fully saturated rings. The lowest BCUT2D eigenvalue weighted by atomic mass is 10.3. The Morgan fingerprint density at radius 1 is 1.30 bits per heavy atom. The number of amides is 1. The minimum absolute atomic E-state index is 0.0663.